The van der Waals surface area contributed by atoms with Crippen molar-refractivity contribution in [1.29, 1.82) is 0 Å². The Labute approximate surface area is 113 Å². The van der Waals surface area contributed by atoms with Crippen molar-refractivity contribution in [3.63, 3.8) is 0 Å². The number of hydrogen-bond donors (Lipinski definition) is 0. The summed E-state index contributed by atoms with van der Waals surface area (Å²) < 4.78 is 0. The summed E-state index contributed by atoms with van der Waals surface area (Å²) in [5.74, 6) is 0.559. The first-order valence-electron chi connectivity index (χ1n) is 4.96. The van der Waals surface area contributed by atoms with Crippen LogP contribution in [0.4, 0.5) is 5.82 Å². The average molecular weight is 289 g/mol. The predicted octanol–water partition coefficient (Wildman–Crippen LogP) is 2.92. The molecule has 0 atom stereocenters. The molecular formula is C10H10Cl2N4S. The average Bonchev–Trinajstić information content (AvgIpc) is 2.82. The molecule has 7 heteroatoms. The van der Waals surface area contributed by atoms with Crippen molar-refractivity contribution in [2.24, 2.45) is 0 Å². The van der Waals surface area contributed by atoms with E-state index in [-0.39, 0.29) is 10.4 Å². The molecule has 2 aromatic rings. The monoisotopic (exact) mass is 288 g/mol. The molecule has 2 aromatic heterocycles. The van der Waals surface area contributed by atoms with Gasteiger partial charge in [-0.2, -0.15) is 4.98 Å². The third-order valence-corrected chi connectivity index (χ3v) is 3.58. The second-order valence-electron chi connectivity index (χ2n) is 3.45. The van der Waals surface area contributed by atoms with E-state index in [1.54, 1.807) is 11.3 Å². The summed E-state index contributed by atoms with van der Waals surface area (Å²) in [5.41, 5.74) is 0. The molecule has 2 heterocycles. The minimum absolute atomic E-state index is 0.104. The topological polar surface area (TPSA) is 41.9 Å². The molecule has 0 aromatic carbocycles. The number of halogens is 2. The molecule has 0 spiro atoms. The first-order chi connectivity index (χ1) is 8.16. The maximum atomic E-state index is 5.92. The van der Waals surface area contributed by atoms with E-state index >= 15 is 0 Å². The van der Waals surface area contributed by atoms with Crippen LogP contribution >= 0.6 is 34.5 Å². The molecule has 0 saturated carbocycles. The number of hydrogen-bond acceptors (Lipinski definition) is 5. The predicted molar refractivity (Wildman–Crippen MR) is 71.1 cm³/mol. The molecule has 0 radical (unpaired) electrons. The van der Waals surface area contributed by atoms with E-state index in [4.69, 9.17) is 23.2 Å². The summed E-state index contributed by atoms with van der Waals surface area (Å²) in [6.07, 6.45) is 0.937. The largest absolute Gasteiger partial charge is 0.357 e. The number of thiophene rings is 1. The third-order valence-electron chi connectivity index (χ3n) is 2.24. The van der Waals surface area contributed by atoms with Crippen LogP contribution in [0, 0.1) is 0 Å². The normalized spacial score (nSPS) is 10.5. The Kier molecular flexibility index (Phi) is 4.15. The number of anilines is 1. The van der Waals surface area contributed by atoms with Gasteiger partial charge in [-0.3, -0.25) is 0 Å². The van der Waals surface area contributed by atoms with Crippen molar-refractivity contribution in [2.45, 2.75) is 6.42 Å². The third kappa shape index (κ3) is 3.28. The zero-order valence-electron chi connectivity index (χ0n) is 9.10. The van der Waals surface area contributed by atoms with Crippen molar-refractivity contribution < 1.29 is 0 Å². The van der Waals surface area contributed by atoms with E-state index in [2.05, 4.69) is 26.6 Å². The molecule has 90 valence electrons. The molecule has 0 N–H and O–H groups in total. The van der Waals surface area contributed by atoms with E-state index in [0.29, 0.717) is 5.82 Å². The number of rotatable bonds is 4. The van der Waals surface area contributed by atoms with Gasteiger partial charge in [-0.1, -0.05) is 17.7 Å². The Balaban J connectivity index is 2.04. The second kappa shape index (κ2) is 5.62. The highest BCUT2D eigenvalue weighted by molar-refractivity contribution is 7.09. The van der Waals surface area contributed by atoms with E-state index in [0.717, 1.165) is 13.0 Å². The van der Waals surface area contributed by atoms with Crippen LogP contribution in [0.1, 0.15) is 4.88 Å². The smallest absolute Gasteiger partial charge is 0.245 e. The van der Waals surface area contributed by atoms with Crippen LogP contribution in [0.15, 0.2) is 17.5 Å². The SMILES string of the molecule is CN(CCc1cccs1)c1nc(Cl)nnc1Cl. The van der Waals surface area contributed by atoms with Gasteiger partial charge in [0.15, 0.2) is 11.0 Å². The van der Waals surface area contributed by atoms with Gasteiger partial charge >= 0.3 is 0 Å². The second-order valence-corrected chi connectivity index (χ2v) is 5.17. The molecule has 0 aliphatic heterocycles. The van der Waals surface area contributed by atoms with Gasteiger partial charge in [0.1, 0.15) is 0 Å². The molecule has 4 nitrogen and oxygen atoms in total. The molecular weight excluding hydrogens is 279 g/mol. The standard InChI is InChI=1S/C10H10Cl2N4S/c1-16(5-4-7-3-2-6-17-7)9-8(11)14-15-10(12)13-9/h2-3,6H,4-5H2,1H3. The van der Waals surface area contributed by atoms with Crippen molar-refractivity contribution in [3.05, 3.63) is 32.8 Å². The molecule has 0 bridgehead atoms. The van der Waals surface area contributed by atoms with Crippen molar-refractivity contribution in [2.75, 3.05) is 18.5 Å². The van der Waals surface area contributed by atoms with Gasteiger partial charge in [-0.25, -0.2) is 0 Å². The lowest BCUT2D eigenvalue weighted by Crippen LogP contribution is -2.22. The van der Waals surface area contributed by atoms with Gasteiger partial charge in [0, 0.05) is 18.5 Å². The Bertz CT molecular complexity index is 489. The highest BCUT2D eigenvalue weighted by Crippen LogP contribution is 2.20. The summed E-state index contributed by atoms with van der Waals surface area (Å²) in [4.78, 5) is 7.30. The van der Waals surface area contributed by atoms with Gasteiger partial charge in [0.25, 0.3) is 0 Å². The van der Waals surface area contributed by atoms with Crippen LogP contribution in [0.5, 0.6) is 0 Å². The lowest BCUT2D eigenvalue weighted by Gasteiger charge is -2.17. The van der Waals surface area contributed by atoms with E-state index in [9.17, 15) is 0 Å². The number of nitrogens with zero attached hydrogens (tertiary/aromatic N) is 4. The molecule has 0 aliphatic carbocycles. The molecule has 0 unspecified atom stereocenters. The Morgan fingerprint density at radius 2 is 2.18 bits per heavy atom. The molecule has 0 fully saturated rings. The van der Waals surface area contributed by atoms with Crippen molar-refractivity contribution in [3.8, 4) is 0 Å². The van der Waals surface area contributed by atoms with E-state index < -0.39 is 0 Å². The van der Waals surface area contributed by atoms with Crippen LogP contribution in [-0.4, -0.2) is 28.8 Å². The van der Waals surface area contributed by atoms with Crippen LogP contribution in [0.25, 0.3) is 0 Å². The van der Waals surface area contributed by atoms with Gasteiger partial charge in [-0.05, 0) is 29.5 Å². The maximum Gasteiger partial charge on any atom is 0.245 e. The van der Waals surface area contributed by atoms with Crippen molar-refractivity contribution in [1.82, 2.24) is 15.2 Å². The fourth-order valence-electron chi connectivity index (χ4n) is 1.37. The minimum atomic E-state index is 0.104. The van der Waals surface area contributed by atoms with Crippen LogP contribution in [0.3, 0.4) is 0 Å². The van der Waals surface area contributed by atoms with Crippen molar-refractivity contribution >= 4 is 40.4 Å². The van der Waals surface area contributed by atoms with Gasteiger partial charge in [0.2, 0.25) is 5.28 Å². The molecule has 0 aliphatic rings. The molecule has 17 heavy (non-hydrogen) atoms. The maximum absolute atomic E-state index is 5.92. The summed E-state index contributed by atoms with van der Waals surface area (Å²) in [6, 6.07) is 4.14. The highest BCUT2D eigenvalue weighted by Gasteiger charge is 2.11. The van der Waals surface area contributed by atoms with E-state index in [1.807, 2.05) is 18.0 Å². The lowest BCUT2D eigenvalue weighted by atomic mass is 10.3. The highest BCUT2D eigenvalue weighted by atomic mass is 35.5. The van der Waals surface area contributed by atoms with Crippen LogP contribution < -0.4 is 4.90 Å². The molecule has 0 saturated heterocycles. The van der Waals surface area contributed by atoms with E-state index in [1.165, 1.54) is 4.88 Å². The summed E-state index contributed by atoms with van der Waals surface area (Å²) in [5, 5.41) is 9.74. The zero-order valence-corrected chi connectivity index (χ0v) is 11.4. The molecule has 0 amide bonds. The number of likely N-dealkylation sites (N-methyl/N-ethyl adjacent to an activating group) is 1. The fraction of sp³-hybridized carbons (Fsp3) is 0.300. The number of aromatic nitrogens is 3. The fourth-order valence-corrected chi connectivity index (χ4v) is 2.41. The van der Waals surface area contributed by atoms with Gasteiger partial charge < -0.3 is 4.90 Å². The zero-order chi connectivity index (χ0) is 12.3. The van der Waals surface area contributed by atoms with Gasteiger partial charge in [-0.15, -0.1) is 21.5 Å². The van der Waals surface area contributed by atoms with Crippen LogP contribution in [-0.2, 0) is 6.42 Å². The first-order valence-corrected chi connectivity index (χ1v) is 6.59. The summed E-state index contributed by atoms with van der Waals surface area (Å²) >= 11 is 13.3. The Morgan fingerprint density at radius 3 is 2.88 bits per heavy atom. The quantitative estimate of drug-likeness (QED) is 0.868. The first kappa shape index (κ1) is 12.5. The van der Waals surface area contributed by atoms with Crippen LogP contribution in [0.2, 0.25) is 10.4 Å². The Morgan fingerprint density at radius 1 is 1.35 bits per heavy atom. The summed E-state index contributed by atoms with van der Waals surface area (Å²) in [7, 11) is 1.90. The summed E-state index contributed by atoms with van der Waals surface area (Å²) in [6.45, 7) is 0.801. The molecule has 2 rings (SSSR count). The minimum Gasteiger partial charge on any atom is -0.357 e. The van der Waals surface area contributed by atoms with Gasteiger partial charge in [0.05, 0.1) is 0 Å². The lowest BCUT2D eigenvalue weighted by molar-refractivity contribution is 0.845. The Hall–Kier alpha value is -0.910.